The number of ether oxygens (including phenoxy) is 1. The molecule has 0 fully saturated rings. The van der Waals surface area contributed by atoms with Gasteiger partial charge in [0.15, 0.2) is 0 Å². The second-order valence-corrected chi connectivity index (χ2v) is 5.28. The van der Waals surface area contributed by atoms with E-state index in [9.17, 15) is 8.42 Å². The van der Waals surface area contributed by atoms with Gasteiger partial charge < -0.3 is 4.74 Å². The summed E-state index contributed by atoms with van der Waals surface area (Å²) in [4.78, 5) is 8.04. The molecule has 0 aliphatic rings. The van der Waals surface area contributed by atoms with Crippen molar-refractivity contribution in [2.24, 2.45) is 5.14 Å². The third kappa shape index (κ3) is 3.24. The Hall–Kier alpha value is -1.47. The molecular formula is C10H15N3O3S. The molecule has 0 bridgehead atoms. The zero-order valence-corrected chi connectivity index (χ0v) is 10.5. The molecule has 0 aliphatic heterocycles. The largest absolute Gasteiger partial charge is 0.480 e. The maximum absolute atomic E-state index is 11.3. The molecule has 2 atom stereocenters. The number of hydrogen-bond acceptors (Lipinski definition) is 5. The molecule has 0 saturated heterocycles. The number of aromatic nitrogens is 2. The summed E-state index contributed by atoms with van der Waals surface area (Å²) in [6, 6.07) is 0. The van der Waals surface area contributed by atoms with Crippen molar-refractivity contribution in [3.05, 3.63) is 30.7 Å². The first kappa shape index (κ1) is 13.6. The molecule has 1 rings (SSSR count). The Morgan fingerprint density at radius 2 is 2.12 bits per heavy atom. The summed E-state index contributed by atoms with van der Waals surface area (Å²) in [5.41, 5.74) is 0.518. The van der Waals surface area contributed by atoms with Crippen LogP contribution in [0.5, 0.6) is 5.88 Å². The van der Waals surface area contributed by atoms with Crippen LogP contribution in [-0.4, -0.2) is 30.7 Å². The first-order valence-electron chi connectivity index (χ1n) is 4.90. The van der Waals surface area contributed by atoms with Crippen LogP contribution in [0.3, 0.4) is 0 Å². The fourth-order valence-corrected chi connectivity index (χ4v) is 2.43. The van der Waals surface area contributed by atoms with Gasteiger partial charge in [0.25, 0.3) is 0 Å². The van der Waals surface area contributed by atoms with Crippen LogP contribution in [0.15, 0.2) is 25.0 Å². The van der Waals surface area contributed by atoms with Gasteiger partial charge in [-0.3, -0.25) is 4.98 Å². The second-order valence-electron chi connectivity index (χ2n) is 3.56. The Kier molecular flexibility index (Phi) is 4.19. The summed E-state index contributed by atoms with van der Waals surface area (Å²) in [6.07, 6.45) is 4.19. The van der Waals surface area contributed by atoms with E-state index in [-0.39, 0.29) is 0 Å². The zero-order chi connectivity index (χ0) is 13.1. The van der Waals surface area contributed by atoms with E-state index in [1.54, 1.807) is 6.92 Å². The van der Waals surface area contributed by atoms with Crippen molar-refractivity contribution >= 4 is 10.0 Å². The van der Waals surface area contributed by atoms with Crippen molar-refractivity contribution in [2.75, 3.05) is 7.11 Å². The van der Waals surface area contributed by atoms with Gasteiger partial charge in [0.05, 0.1) is 25.2 Å². The Bertz CT molecular complexity index is 484. The SMILES string of the molecule is C=C[C@H]([C@@H](C)c1cnc(OC)cn1)S(N)(=O)=O. The van der Waals surface area contributed by atoms with Gasteiger partial charge in [0.1, 0.15) is 5.25 Å². The van der Waals surface area contributed by atoms with Crippen LogP contribution in [0.4, 0.5) is 0 Å². The minimum atomic E-state index is -3.70. The standard InChI is InChI=1S/C10H15N3O3S/c1-4-9(17(11,14)15)7(2)8-5-13-10(16-3)6-12-8/h4-7,9H,1H2,2-3H3,(H2,11,14,15)/t7-,9+/m0/s1. The lowest BCUT2D eigenvalue weighted by Crippen LogP contribution is -2.31. The molecule has 1 heterocycles. The van der Waals surface area contributed by atoms with Crippen LogP contribution in [0.2, 0.25) is 0 Å². The maximum Gasteiger partial charge on any atom is 0.231 e. The van der Waals surface area contributed by atoms with E-state index in [1.807, 2.05) is 0 Å². The molecule has 7 heteroatoms. The molecule has 1 aromatic rings. The number of methoxy groups -OCH3 is 1. The minimum absolute atomic E-state index is 0.367. The summed E-state index contributed by atoms with van der Waals surface area (Å²) in [7, 11) is -2.22. The Morgan fingerprint density at radius 1 is 1.47 bits per heavy atom. The van der Waals surface area contributed by atoms with Crippen molar-refractivity contribution in [3.8, 4) is 5.88 Å². The molecular weight excluding hydrogens is 242 g/mol. The average molecular weight is 257 g/mol. The number of rotatable bonds is 5. The normalized spacial score (nSPS) is 15.0. The summed E-state index contributed by atoms with van der Waals surface area (Å²) >= 11 is 0. The van der Waals surface area contributed by atoms with Crippen LogP contribution in [0.25, 0.3) is 0 Å². The molecule has 0 aliphatic carbocycles. The van der Waals surface area contributed by atoms with Gasteiger partial charge in [-0.25, -0.2) is 18.5 Å². The molecule has 0 spiro atoms. The summed E-state index contributed by atoms with van der Waals surface area (Å²) in [5.74, 6) is -0.0485. The van der Waals surface area contributed by atoms with Gasteiger partial charge >= 0.3 is 0 Å². The van der Waals surface area contributed by atoms with Crippen molar-refractivity contribution in [3.63, 3.8) is 0 Å². The summed E-state index contributed by atoms with van der Waals surface area (Å²) in [6.45, 7) is 5.18. The van der Waals surface area contributed by atoms with Gasteiger partial charge in [-0.15, -0.1) is 6.58 Å². The van der Waals surface area contributed by atoms with Crippen molar-refractivity contribution in [1.82, 2.24) is 9.97 Å². The molecule has 1 aromatic heterocycles. The highest BCUT2D eigenvalue weighted by molar-refractivity contribution is 7.90. The molecule has 6 nitrogen and oxygen atoms in total. The number of hydrogen-bond donors (Lipinski definition) is 1. The third-order valence-electron chi connectivity index (χ3n) is 2.43. The highest BCUT2D eigenvalue weighted by atomic mass is 32.2. The van der Waals surface area contributed by atoms with Gasteiger partial charge in [-0.05, 0) is 0 Å². The molecule has 0 aromatic carbocycles. The van der Waals surface area contributed by atoms with E-state index in [1.165, 1.54) is 25.6 Å². The quantitative estimate of drug-likeness (QED) is 0.772. The van der Waals surface area contributed by atoms with Gasteiger partial charge in [0, 0.05) is 5.92 Å². The lowest BCUT2D eigenvalue weighted by molar-refractivity contribution is 0.394. The van der Waals surface area contributed by atoms with Crippen molar-refractivity contribution in [1.29, 1.82) is 0 Å². The highest BCUT2D eigenvalue weighted by Crippen LogP contribution is 2.22. The predicted molar refractivity (Wildman–Crippen MR) is 64.1 cm³/mol. The minimum Gasteiger partial charge on any atom is -0.480 e. The van der Waals surface area contributed by atoms with Gasteiger partial charge in [-0.2, -0.15) is 0 Å². The van der Waals surface area contributed by atoms with Gasteiger partial charge in [0.2, 0.25) is 15.9 Å². The lowest BCUT2D eigenvalue weighted by Gasteiger charge is -2.17. The van der Waals surface area contributed by atoms with E-state index >= 15 is 0 Å². The summed E-state index contributed by atoms with van der Waals surface area (Å²) < 4.78 is 27.5. The second kappa shape index (κ2) is 5.24. The fraction of sp³-hybridized carbons (Fsp3) is 0.400. The zero-order valence-electron chi connectivity index (χ0n) is 9.70. The predicted octanol–water partition coefficient (Wildman–Crippen LogP) is 0.432. The number of primary sulfonamides is 1. The first-order valence-corrected chi connectivity index (χ1v) is 6.51. The fourth-order valence-electron chi connectivity index (χ4n) is 1.46. The topological polar surface area (TPSA) is 95.2 Å². The summed E-state index contributed by atoms with van der Waals surface area (Å²) in [5, 5.41) is 4.23. The van der Waals surface area contributed by atoms with Crippen LogP contribution >= 0.6 is 0 Å². The van der Waals surface area contributed by atoms with Crippen molar-refractivity contribution in [2.45, 2.75) is 18.1 Å². The third-order valence-corrected chi connectivity index (χ3v) is 3.79. The van der Waals surface area contributed by atoms with E-state index in [4.69, 9.17) is 9.88 Å². The lowest BCUT2D eigenvalue weighted by atomic mass is 10.0. The van der Waals surface area contributed by atoms with Crippen LogP contribution in [0, 0.1) is 0 Å². The first-order chi connectivity index (χ1) is 7.90. The van der Waals surface area contributed by atoms with Crippen LogP contribution in [0.1, 0.15) is 18.5 Å². The van der Waals surface area contributed by atoms with Gasteiger partial charge in [-0.1, -0.05) is 13.0 Å². The Labute approximate surface area is 101 Å². The molecule has 0 saturated carbocycles. The monoisotopic (exact) mass is 257 g/mol. The van der Waals surface area contributed by atoms with Crippen LogP contribution in [-0.2, 0) is 10.0 Å². The molecule has 17 heavy (non-hydrogen) atoms. The molecule has 94 valence electrons. The van der Waals surface area contributed by atoms with E-state index in [0.717, 1.165) is 0 Å². The average Bonchev–Trinajstić information content (AvgIpc) is 2.28. The molecule has 0 radical (unpaired) electrons. The van der Waals surface area contributed by atoms with Crippen molar-refractivity contribution < 1.29 is 13.2 Å². The smallest absolute Gasteiger partial charge is 0.231 e. The highest BCUT2D eigenvalue weighted by Gasteiger charge is 2.27. The van der Waals surface area contributed by atoms with Crippen LogP contribution < -0.4 is 9.88 Å². The molecule has 0 amide bonds. The number of nitrogens with zero attached hydrogens (tertiary/aromatic N) is 2. The molecule has 2 N–H and O–H groups in total. The maximum atomic E-state index is 11.3. The Balaban J connectivity index is 3.02. The number of nitrogens with two attached hydrogens (primary N) is 1. The van der Waals surface area contributed by atoms with E-state index in [2.05, 4.69) is 16.5 Å². The van der Waals surface area contributed by atoms with E-state index in [0.29, 0.717) is 11.6 Å². The van der Waals surface area contributed by atoms with E-state index < -0.39 is 21.2 Å². The molecule has 0 unspecified atom stereocenters. The number of sulfonamides is 1. The Morgan fingerprint density at radius 3 is 2.47 bits per heavy atom.